The van der Waals surface area contributed by atoms with Gasteiger partial charge in [0.2, 0.25) is 5.91 Å². The first-order chi connectivity index (χ1) is 9.76. The maximum atomic E-state index is 12.5. The number of carbonyl (C=O) groups is 1. The molecule has 6 heteroatoms. The van der Waals surface area contributed by atoms with Crippen molar-refractivity contribution in [3.63, 3.8) is 0 Å². The third kappa shape index (κ3) is 4.73. The lowest BCUT2D eigenvalue weighted by molar-refractivity contribution is -0.124. The number of nitrogens with one attached hydrogen (secondary N) is 2. The predicted molar refractivity (Wildman–Crippen MR) is 95.1 cm³/mol. The number of nitrogens with zero attached hydrogens (tertiary/aromatic N) is 1. The van der Waals surface area contributed by atoms with E-state index in [1.54, 1.807) is 0 Å². The summed E-state index contributed by atoms with van der Waals surface area (Å²) in [7, 11) is 0. The first-order valence-electron chi connectivity index (χ1n) is 8.55. The highest BCUT2D eigenvalue weighted by molar-refractivity contribution is 5.85. The normalized spacial score (nSPS) is 35.0. The zero-order chi connectivity index (χ0) is 13.9. The lowest BCUT2D eigenvalue weighted by Gasteiger charge is -2.32. The van der Waals surface area contributed by atoms with Crippen LogP contribution in [0.5, 0.6) is 0 Å². The maximum Gasteiger partial charge on any atom is 0.237 e. The minimum atomic E-state index is 0. The Morgan fingerprint density at radius 3 is 2.68 bits per heavy atom. The average molecular weight is 352 g/mol. The summed E-state index contributed by atoms with van der Waals surface area (Å²) in [5, 5.41) is 6.87. The van der Waals surface area contributed by atoms with Crippen LogP contribution in [0.3, 0.4) is 0 Å². The minimum Gasteiger partial charge on any atom is -0.351 e. The van der Waals surface area contributed by atoms with Gasteiger partial charge in [0.15, 0.2) is 0 Å². The van der Waals surface area contributed by atoms with Gasteiger partial charge in [0.05, 0.1) is 6.04 Å². The number of amides is 1. The van der Waals surface area contributed by atoms with Gasteiger partial charge in [0, 0.05) is 18.6 Å². The van der Waals surface area contributed by atoms with E-state index < -0.39 is 0 Å². The molecule has 0 aromatic carbocycles. The van der Waals surface area contributed by atoms with Crippen LogP contribution in [-0.4, -0.2) is 48.6 Å². The van der Waals surface area contributed by atoms with E-state index in [-0.39, 0.29) is 36.8 Å². The first kappa shape index (κ1) is 20.0. The van der Waals surface area contributed by atoms with Gasteiger partial charge in [-0.05, 0) is 51.1 Å². The number of fused-ring (bicyclic) bond motifs is 1. The van der Waals surface area contributed by atoms with Crippen LogP contribution in [0.25, 0.3) is 0 Å². The molecule has 2 N–H and O–H groups in total. The quantitative estimate of drug-likeness (QED) is 0.820. The molecule has 2 saturated heterocycles. The molecule has 1 amide bonds. The van der Waals surface area contributed by atoms with Crippen molar-refractivity contribution in [3.8, 4) is 0 Å². The zero-order valence-electron chi connectivity index (χ0n) is 13.6. The summed E-state index contributed by atoms with van der Waals surface area (Å²) in [5.74, 6) is 1.00. The van der Waals surface area contributed by atoms with Crippen LogP contribution < -0.4 is 10.6 Å². The monoisotopic (exact) mass is 351 g/mol. The number of rotatable bonds is 3. The number of likely N-dealkylation sites (tertiary alicyclic amines) is 1. The van der Waals surface area contributed by atoms with E-state index in [0.29, 0.717) is 12.1 Å². The molecule has 0 spiro atoms. The Hall–Kier alpha value is -0.0300. The van der Waals surface area contributed by atoms with E-state index in [2.05, 4.69) is 22.5 Å². The number of piperidine rings is 1. The second kappa shape index (κ2) is 9.31. The second-order valence-corrected chi connectivity index (χ2v) is 6.85. The Morgan fingerprint density at radius 1 is 1.18 bits per heavy atom. The molecular formula is C16H31Cl2N3O. The summed E-state index contributed by atoms with van der Waals surface area (Å²) >= 11 is 0. The molecular weight excluding hydrogens is 321 g/mol. The molecule has 4 atom stereocenters. The average Bonchev–Trinajstić information content (AvgIpc) is 2.91. The van der Waals surface area contributed by atoms with Gasteiger partial charge < -0.3 is 15.5 Å². The molecule has 22 heavy (non-hydrogen) atoms. The summed E-state index contributed by atoms with van der Waals surface area (Å²) in [6.45, 7) is 5.52. The predicted octanol–water partition coefficient (Wildman–Crippen LogP) is 2.35. The van der Waals surface area contributed by atoms with Crippen molar-refractivity contribution < 1.29 is 4.79 Å². The standard InChI is InChI=1S/C16H29N3O.2ClH/c1-2-19-9-5-7-13(11-19)17-16(20)15-10-12-6-3-4-8-14(12)18-15;;/h12-15,18H,2-11H2,1H3,(H,17,20);2*1H. The van der Waals surface area contributed by atoms with Crippen molar-refractivity contribution in [3.05, 3.63) is 0 Å². The smallest absolute Gasteiger partial charge is 0.237 e. The Balaban J connectivity index is 0.00000121. The van der Waals surface area contributed by atoms with Crippen molar-refractivity contribution in [2.45, 2.75) is 70.0 Å². The SMILES string of the molecule is CCN1CCCC(NC(=O)C2CC3CCCCC3N2)C1.Cl.Cl. The van der Waals surface area contributed by atoms with E-state index in [9.17, 15) is 4.79 Å². The largest absolute Gasteiger partial charge is 0.351 e. The van der Waals surface area contributed by atoms with Crippen molar-refractivity contribution in [1.29, 1.82) is 0 Å². The summed E-state index contributed by atoms with van der Waals surface area (Å²) in [6, 6.07) is 1.04. The molecule has 0 bridgehead atoms. The molecule has 2 heterocycles. The van der Waals surface area contributed by atoms with Gasteiger partial charge in [0.1, 0.15) is 0 Å². The second-order valence-electron chi connectivity index (χ2n) is 6.85. The molecule has 3 aliphatic rings. The van der Waals surface area contributed by atoms with Crippen LogP contribution in [0.15, 0.2) is 0 Å². The third-order valence-corrected chi connectivity index (χ3v) is 5.48. The van der Waals surface area contributed by atoms with Crippen LogP contribution >= 0.6 is 24.8 Å². The van der Waals surface area contributed by atoms with E-state index in [0.717, 1.165) is 31.8 Å². The molecule has 4 nitrogen and oxygen atoms in total. The molecule has 2 aliphatic heterocycles. The Bertz CT molecular complexity index is 342. The van der Waals surface area contributed by atoms with Gasteiger partial charge in [-0.1, -0.05) is 19.8 Å². The molecule has 0 radical (unpaired) electrons. The number of likely N-dealkylation sites (N-methyl/N-ethyl adjacent to an activating group) is 1. The third-order valence-electron chi connectivity index (χ3n) is 5.48. The van der Waals surface area contributed by atoms with Gasteiger partial charge >= 0.3 is 0 Å². The Kier molecular flexibility index (Phi) is 8.47. The molecule has 130 valence electrons. The molecule has 0 aromatic rings. The van der Waals surface area contributed by atoms with Crippen molar-refractivity contribution in [1.82, 2.24) is 15.5 Å². The topological polar surface area (TPSA) is 44.4 Å². The van der Waals surface area contributed by atoms with Crippen LogP contribution in [0.1, 0.15) is 51.9 Å². The molecule has 3 rings (SSSR count). The van der Waals surface area contributed by atoms with E-state index in [1.165, 1.54) is 38.6 Å². The summed E-state index contributed by atoms with van der Waals surface area (Å²) in [4.78, 5) is 14.9. The molecule has 0 aromatic heterocycles. The highest BCUT2D eigenvalue weighted by atomic mass is 35.5. The fraction of sp³-hybridized carbons (Fsp3) is 0.938. The number of hydrogen-bond acceptors (Lipinski definition) is 3. The molecule has 1 aliphatic carbocycles. The van der Waals surface area contributed by atoms with Crippen molar-refractivity contribution >= 4 is 30.7 Å². The van der Waals surface area contributed by atoms with Crippen LogP contribution in [0.2, 0.25) is 0 Å². The first-order valence-corrected chi connectivity index (χ1v) is 8.55. The van der Waals surface area contributed by atoms with Crippen LogP contribution in [0.4, 0.5) is 0 Å². The Morgan fingerprint density at radius 2 is 1.95 bits per heavy atom. The summed E-state index contributed by atoms with van der Waals surface area (Å²) in [5.41, 5.74) is 0. The van der Waals surface area contributed by atoms with Gasteiger partial charge in [-0.3, -0.25) is 4.79 Å². The van der Waals surface area contributed by atoms with Gasteiger partial charge in [-0.25, -0.2) is 0 Å². The number of carbonyl (C=O) groups excluding carboxylic acids is 1. The number of hydrogen-bond donors (Lipinski definition) is 2. The maximum absolute atomic E-state index is 12.5. The van der Waals surface area contributed by atoms with E-state index in [1.807, 2.05) is 0 Å². The zero-order valence-corrected chi connectivity index (χ0v) is 15.2. The fourth-order valence-electron chi connectivity index (χ4n) is 4.28. The van der Waals surface area contributed by atoms with Gasteiger partial charge in [-0.15, -0.1) is 24.8 Å². The van der Waals surface area contributed by atoms with Crippen molar-refractivity contribution in [2.24, 2.45) is 5.92 Å². The highest BCUT2D eigenvalue weighted by Crippen LogP contribution is 2.33. The minimum absolute atomic E-state index is 0. The lowest BCUT2D eigenvalue weighted by atomic mass is 9.85. The lowest BCUT2D eigenvalue weighted by Crippen LogP contribution is -2.52. The van der Waals surface area contributed by atoms with Gasteiger partial charge in [0.25, 0.3) is 0 Å². The fourth-order valence-corrected chi connectivity index (χ4v) is 4.28. The molecule has 1 saturated carbocycles. The van der Waals surface area contributed by atoms with Gasteiger partial charge in [-0.2, -0.15) is 0 Å². The summed E-state index contributed by atoms with van der Waals surface area (Å²) in [6.07, 6.45) is 8.67. The van der Waals surface area contributed by atoms with Crippen molar-refractivity contribution in [2.75, 3.05) is 19.6 Å². The van der Waals surface area contributed by atoms with Crippen LogP contribution in [0, 0.1) is 5.92 Å². The number of halogens is 2. The van der Waals surface area contributed by atoms with E-state index in [4.69, 9.17) is 0 Å². The highest BCUT2D eigenvalue weighted by Gasteiger charge is 2.38. The molecule has 3 fully saturated rings. The summed E-state index contributed by atoms with van der Waals surface area (Å²) < 4.78 is 0. The van der Waals surface area contributed by atoms with E-state index >= 15 is 0 Å². The Labute approximate surface area is 147 Å². The molecule has 4 unspecified atom stereocenters. The van der Waals surface area contributed by atoms with Crippen LogP contribution in [-0.2, 0) is 4.79 Å².